The van der Waals surface area contributed by atoms with Gasteiger partial charge in [0.1, 0.15) is 5.75 Å². The average molecular weight is 329 g/mol. The van der Waals surface area contributed by atoms with Gasteiger partial charge in [-0.3, -0.25) is 4.79 Å². The van der Waals surface area contributed by atoms with E-state index in [1.807, 2.05) is 32.6 Å². The maximum atomic E-state index is 11.9. The van der Waals surface area contributed by atoms with E-state index >= 15 is 0 Å². The summed E-state index contributed by atoms with van der Waals surface area (Å²) in [4.78, 5) is 16.0. The lowest BCUT2D eigenvalue weighted by Gasteiger charge is -2.32. The molecule has 0 saturated carbocycles. The Morgan fingerprint density at radius 3 is 2.05 bits per heavy atom. The molecule has 5 heteroatoms. The Morgan fingerprint density at radius 1 is 1.05 bits per heavy atom. The van der Waals surface area contributed by atoms with Gasteiger partial charge in [0.25, 0.3) is 5.91 Å². The van der Waals surface area contributed by atoms with Crippen LogP contribution in [0.15, 0.2) is 24.3 Å². The Hall–Kier alpha value is -1.26. The second-order valence-electron chi connectivity index (χ2n) is 4.43. The van der Waals surface area contributed by atoms with Crippen LogP contribution >= 0.6 is 11.6 Å². The second-order valence-corrected chi connectivity index (χ2v) is 4.86. The van der Waals surface area contributed by atoms with Crippen molar-refractivity contribution in [2.75, 3.05) is 39.8 Å². The molecular weight excluding hydrogens is 300 g/mol. The van der Waals surface area contributed by atoms with Crippen molar-refractivity contribution < 1.29 is 9.53 Å². The van der Waals surface area contributed by atoms with Crippen molar-refractivity contribution in [2.24, 2.45) is 0 Å². The monoisotopic (exact) mass is 328 g/mol. The van der Waals surface area contributed by atoms with Gasteiger partial charge in [0.2, 0.25) is 0 Å². The van der Waals surface area contributed by atoms with Gasteiger partial charge in [-0.2, -0.15) is 0 Å². The number of ether oxygens (including phenoxy) is 1. The molecule has 0 bridgehead atoms. The summed E-state index contributed by atoms with van der Waals surface area (Å²) in [7, 11) is 2.06. The molecule has 1 aromatic carbocycles. The Balaban J connectivity index is 0.00000102. The first kappa shape index (κ1) is 20.7. The molecule has 0 unspecified atom stereocenters. The van der Waals surface area contributed by atoms with Crippen LogP contribution in [-0.4, -0.2) is 55.5 Å². The van der Waals surface area contributed by atoms with Crippen molar-refractivity contribution in [2.45, 2.75) is 27.7 Å². The van der Waals surface area contributed by atoms with E-state index in [1.54, 1.807) is 24.3 Å². The minimum Gasteiger partial charge on any atom is -0.484 e. The summed E-state index contributed by atoms with van der Waals surface area (Å²) >= 11 is 5.77. The third-order valence-electron chi connectivity index (χ3n) is 3.03. The van der Waals surface area contributed by atoms with Gasteiger partial charge in [0.05, 0.1) is 0 Å². The first-order valence-electron chi connectivity index (χ1n) is 8.00. The molecule has 1 heterocycles. The molecule has 0 aromatic heterocycles. The standard InChI is InChI=1S/C13H17ClN2O2.2C2H6/c1-15-6-8-16(9-7-15)13(17)10-18-12-4-2-11(14)3-5-12;2*1-2/h2-5H,6-10H2,1H3;2*1-2H3. The lowest BCUT2D eigenvalue weighted by atomic mass is 10.3. The normalized spacial score (nSPS) is 14.2. The van der Waals surface area contributed by atoms with Gasteiger partial charge in [-0.25, -0.2) is 0 Å². The largest absolute Gasteiger partial charge is 0.484 e. The number of nitrogens with zero attached hydrogens (tertiary/aromatic N) is 2. The molecule has 0 radical (unpaired) electrons. The second kappa shape index (κ2) is 12.3. The fraction of sp³-hybridized carbons (Fsp3) is 0.588. The lowest BCUT2D eigenvalue weighted by Crippen LogP contribution is -2.48. The molecule has 0 spiro atoms. The Morgan fingerprint density at radius 2 is 1.55 bits per heavy atom. The molecule has 1 saturated heterocycles. The summed E-state index contributed by atoms with van der Waals surface area (Å²) in [5.74, 6) is 0.708. The molecule has 1 aliphatic rings. The first-order chi connectivity index (χ1) is 10.6. The van der Waals surface area contributed by atoms with Crippen LogP contribution < -0.4 is 4.74 Å². The van der Waals surface area contributed by atoms with Crippen LogP contribution in [0.3, 0.4) is 0 Å². The van der Waals surface area contributed by atoms with Gasteiger partial charge in [-0.1, -0.05) is 39.3 Å². The zero-order valence-electron chi connectivity index (χ0n) is 14.4. The van der Waals surface area contributed by atoms with Crippen molar-refractivity contribution in [3.63, 3.8) is 0 Å². The summed E-state index contributed by atoms with van der Waals surface area (Å²) in [5.41, 5.74) is 0. The number of carbonyl (C=O) groups excluding carboxylic acids is 1. The van der Waals surface area contributed by atoms with Crippen molar-refractivity contribution in [3.05, 3.63) is 29.3 Å². The molecular formula is C17H29ClN2O2. The molecule has 0 atom stereocenters. The SMILES string of the molecule is CC.CC.CN1CCN(C(=O)COc2ccc(Cl)cc2)CC1. The highest BCUT2D eigenvalue weighted by molar-refractivity contribution is 6.30. The molecule has 1 aromatic rings. The smallest absolute Gasteiger partial charge is 0.260 e. The zero-order chi connectivity index (χ0) is 17.0. The molecule has 4 nitrogen and oxygen atoms in total. The quantitative estimate of drug-likeness (QED) is 0.850. The number of amides is 1. The summed E-state index contributed by atoms with van der Waals surface area (Å²) in [5, 5.41) is 0.660. The van der Waals surface area contributed by atoms with Crippen LogP contribution in [0.4, 0.5) is 0 Å². The third kappa shape index (κ3) is 7.66. The highest BCUT2D eigenvalue weighted by atomic mass is 35.5. The molecule has 0 N–H and O–H groups in total. The number of carbonyl (C=O) groups is 1. The van der Waals surface area contributed by atoms with Crippen molar-refractivity contribution >= 4 is 17.5 Å². The Labute approximate surface area is 140 Å². The van der Waals surface area contributed by atoms with Gasteiger partial charge >= 0.3 is 0 Å². The predicted molar refractivity (Wildman–Crippen MR) is 93.7 cm³/mol. The van der Waals surface area contributed by atoms with Gasteiger partial charge in [-0.15, -0.1) is 0 Å². The topological polar surface area (TPSA) is 32.8 Å². The predicted octanol–water partition coefficient (Wildman–Crippen LogP) is 3.55. The number of piperazine rings is 1. The van der Waals surface area contributed by atoms with Crippen LogP contribution in [0.25, 0.3) is 0 Å². The van der Waals surface area contributed by atoms with Crippen LogP contribution in [0, 0.1) is 0 Å². The first-order valence-corrected chi connectivity index (χ1v) is 8.37. The van der Waals surface area contributed by atoms with E-state index < -0.39 is 0 Å². The fourth-order valence-corrected chi connectivity index (χ4v) is 1.95. The third-order valence-corrected chi connectivity index (χ3v) is 3.28. The van der Waals surface area contributed by atoms with Gasteiger partial charge in [-0.05, 0) is 31.3 Å². The average Bonchev–Trinajstić information content (AvgIpc) is 2.58. The number of hydrogen-bond acceptors (Lipinski definition) is 3. The van der Waals surface area contributed by atoms with Crippen LogP contribution in [0.1, 0.15) is 27.7 Å². The summed E-state index contributed by atoms with van der Waals surface area (Å²) in [6.07, 6.45) is 0. The van der Waals surface area contributed by atoms with E-state index in [4.69, 9.17) is 16.3 Å². The van der Waals surface area contributed by atoms with Crippen molar-refractivity contribution in [1.29, 1.82) is 0 Å². The molecule has 22 heavy (non-hydrogen) atoms. The van der Waals surface area contributed by atoms with Crippen LogP contribution in [-0.2, 0) is 4.79 Å². The summed E-state index contributed by atoms with van der Waals surface area (Å²) < 4.78 is 5.44. The summed E-state index contributed by atoms with van der Waals surface area (Å²) in [6.45, 7) is 11.5. The number of halogens is 1. The van der Waals surface area contributed by atoms with E-state index in [1.165, 1.54) is 0 Å². The molecule has 1 fully saturated rings. The maximum Gasteiger partial charge on any atom is 0.260 e. The lowest BCUT2D eigenvalue weighted by molar-refractivity contribution is -0.134. The Bertz CT molecular complexity index is 402. The van der Waals surface area contributed by atoms with Gasteiger partial charge in [0, 0.05) is 31.2 Å². The molecule has 0 aliphatic carbocycles. The number of rotatable bonds is 3. The Kier molecular flexibility index (Phi) is 11.6. The molecule has 1 amide bonds. The number of hydrogen-bond donors (Lipinski definition) is 0. The van der Waals surface area contributed by atoms with E-state index in [9.17, 15) is 4.79 Å². The van der Waals surface area contributed by atoms with Crippen molar-refractivity contribution in [3.8, 4) is 5.75 Å². The maximum absolute atomic E-state index is 11.9. The number of benzene rings is 1. The fourth-order valence-electron chi connectivity index (χ4n) is 1.82. The minimum atomic E-state index is 0.0399. The van der Waals surface area contributed by atoms with Gasteiger partial charge < -0.3 is 14.5 Å². The number of likely N-dealkylation sites (N-methyl/N-ethyl adjacent to an activating group) is 1. The zero-order valence-corrected chi connectivity index (χ0v) is 15.2. The van der Waals surface area contributed by atoms with E-state index in [0.29, 0.717) is 10.8 Å². The van der Waals surface area contributed by atoms with E-state index in [2.05, 4.69) is 11.9 Å². The van der Waals surface area contributed by atoms with Crippen LogP contribution in [0.5, 0.6) is 5.75 Å². The van der Waals surface area contributed by atoms with Gasteiger partial charge in [0.15, 0.2) is 6.61 Å². The molecule has 2 rings (SSSR count). The molecule has 1 aliphatic heterocycles. The molecule has 126 valence electrons. The van der Waals surface area contributed by atoms with E-state index in [-0.39, 0.29) is 12.5 Å². The highest BCUT2D eigenvalue weighted by Gasteiger charge is 2.19. The van der Waals surface area contributed by atoms with Crippen molar-refractivity contribution in [1.82, 2.24) is 9.80 Å². The highest BCUT2D eigenvalue weighted by Crippen LogP contribution is 2.15. The minimum absolute atomic E-state index is 0.0399. The summed E-state index contributed by atoms with van der Waals surface area (Å²) in [6, 6.07) is 7.02. The van der Waals surface area contributed by atoms with Crippen LogP contribution in [0.2, 0.25) is 5.02 Å². The van der Waals surface area contributed by atoms with E-state index in [0.717, 1.165) is 26.2 Å².